The highest BCUT2D eigenvalue weighted by molar-refractivity contribution is 6.20. The Labute approximate surface area is 112 Å². The molecule has 98 valence electrons. The van der Waals surface area contributed by atoms with Gasteiger partial charge in [-0.05, 0) is 38.7 Å². The molecule has 0 saturated carbocycles. The first-order chi connectivity index (χ1) is 8.56. The molecule has 2 saturated heterocycles. The molecule has 2 aliphatic heterocycles. The molecular formula is C13H18ClN3O. The van der Waals surface area contributed by atoms with E-state index in [9.17, 15) is 4.79 Å². The van der Waals surface area contributed by atoms with Gasteiger partial charge in [0.25, 0.3) is 5.91 Å². The molecule has 1 aromatic heterocycles. The van der Waals surface area contributed by atoms with Crippen molar-refractivity contribution in [3.63, 3.8) is 0 Å². The highest BCUT2D eigenvalue weighted by Crippen LogP contribution is 2.38. The number of fused-ring (bicyclic) bond motifs is 2. The standard InChI is InChI=1S/C13H18ClN3O/c1-8-5-12(15-16(8)2)13(18)17-10-3-4-11(17)7-9(14)6-10/h5,9-11H,3-4,6-7H2,1-2H3. The maximum absolute atomic E-state index is 12.5. The summed E-state index contributed by atoms with van der Waals surface area (Å²) in [5, 5.41) is 4.53. The van der Waals surface area contributed by atoms with Crippen LogP contribution in [0, 0.1) is 6.92 Å². The molecule has 3 rings (SSSR count). The van der Waals surface area contributed by atoms with Gasteiger partial charge in [-0.15, -0.1) is 11.6 Å². The predicted molar refractivity (Wildman–Crippen MR) is 69.8 cm³/mol. The molecule has 2 atom stereocenters. The third kappa shape index (κ3) is 1.83. The molecule has 3 heterocycles. The number of aryl methyl sites for hydroxylation is 2. The smallest absolute Gasteiger partial charge is 0.274 e. The van der Waals surface area contributed by atoms with E-state index in [1.165, 1.54) is 0 Å². The Morgan fingerprint density at radius 2 is 2.00 bits per heavy atom. The second-order valence-corrected chi connectivity index (χ2v) is 6.08. The van der Waals surface area contributed by atoms with E-state index in [0.29, 0.717) is 17.8 Å². The number of carbonyl (C=O) groups excluding carboxylic acids is 1. The molecule has 0 aromatic carbocycles. The maximum Gasteiger partial charge on any atom is 0.274 e. The lowest BCUT2D eigenvalue weighted by atomic mass is 10.0. The zero-order chi connectivity index (χ0) is 12.9. The summed E-state index contributed by atoms with van der Waals surface area (Å²) in [6, 6.07) is 2.51. The van der Waals surface area contributed by atoms with Crippen LogP contribution < -0.4 is 0 Å². The van der Waals surface area contributed by atoms with Crippen molar-refractivity contribution in [3.8, 4) is 0 Å². The molecule has 2 aliphatic rings. The van der Waals surface area contributed by atoms with E-state index < -0.39 is 0 Å². The van der Waals surface area contributed by atoms with Gasteiger partial charge in [-0.3, -0.25) is 9.48 Å². The molecular weight excluding hydrogens is 250 g/mol. The minimum absolute atomic E-state index is 0.0785. The number of piperidine rings is 1. The molecule has 2 bridgehead atoms. The lowest BCUT2D eigenvalue weighted by molar-refractivity contribution is 0.0592. The first-order valence-electron chi connectivity index (χ1n) is 6.53. The van der Waals surface area contributed by atoms with Crippen molar-refractivity contribution in [2.45, 2.75) is 50.1 Å². The van der Waals surface area contributed by atoms with Crippen LogP contribution in [-0.4, -0.2) is 38.0 Å². The molecule has 2 fully saturated rings. The quantitative estimate of drug-likeness (QED) is 0.731. The number of amides is 1. The molecule has 5 heteroatoms. The number of nitrogens with zero attached hydrogens (tertiary/aromatic N) is 3. The molecule has 0 spiro atoms. The summed E-state index contributed by atoms with van der Waals surface area (Å²) in [5.41, 5.74) is 1.58. The van der Waals surface area contributed by atoms with E-state index in [1.807, 2.05) is 24.9 Å². The Kier molecular flexibility index (Phi) is 2.85. The van der Waals surface area contributed by atoms with Crippen LogP contribution in [0.1, 0.15) is 41.9 Å². The van der Waals surface area contributed by atoms with E-state index >= 15 is 0 Å². The number of halogens is 1. The lowest BCUT2D eigenvalue weighted by Gasteiger charge is -2.36. The number of carbonyl (C=O) groups is 1. The Balaban J connectivity index is 1.85. The summed E-state index contributed by atoms with van der Waals surface area (Å²) in [5.74, 6) is 0.0785. The highest BCUT2D eigenvalue weighted by Gasteiger charge is 2.43. The average Bonchev–Trinajstić information content (AvgIpc) is 2.78. The Hall–Kier alpha value is -1.03. The maximum atomic E-state index is 12.5. The predicted octanol–water partition coefficient (Wildman–Crippen LogP) is 2.10. The van der Waals surface area contributed by atoms with Crippen LogP contribution in [0.3, 0.4) is 0 Å². The first-order valence-corrected chi connectivity index (χ1v) is 6.97. The monoisotopic (exact) mass is 267 g/mol. The summed E-state index contributed by atoms with van der Waals surface area (Å²) < 4.78 is 1.75. The normalized spacial score (nSPS) is 30.8. The van der Waals surface area contributed by atoms with Gasteiger partial charge < -0.3 is 4.90 Å². The molecule has 0 N–H and O–H groups in total. The topological polar surface area (TPSA) is 38.1 Å². The number of rotatable bonds is 1. The van der Waals surface area contributed by atoms with E-state index in [0.717, 1.165) is 31.4 Å². The number of hydrogen-bond acceptors (Lipinski definition) is 2. The van der Waals surface area contributed by atoms with Gasteiger partial charge >= 0.3 is 0 Å². The SMILES string of the molecule is Cc1cc(C(=O)N2C3CCC2CC(Cl)C3)nn1C. The van der Waals surface area contributed by atoms with Crippen molar-refractivity contribution >= 4 is 17.5 Å². The van der Waals surface area contributed by atoms with Crippen molar-refractivity contribution in [3.05, 3.63) is 17.5 Å². The Morgan fingerprint density at radius 3 is 2.50 bits per heavy atom. The Bertz CT molecular complexity index is 451. The van der Waals surface area contributed by atoms with Crippen LogP contribution in [0.5, 0.6) is 0 Å². The second kappa shape index (κ2) is 4.26. The van der Waals surface area contributed by atoms with Crippen molar-refractivity contribution in [1.29, 1.82) is 0 Å². The Morgan fingerprint density at radius 1 is 1.39 bits per heavy atom. The summed E-state index contributed by atoms with van der Waals surface area (Å²) >= 11 is 6.23. The summed E-state index contributed by atoms with van der Waals surface area (Å²) in [6.07, 6.45) is 4.03. The number of alkyl halides is 1. The van der Waals surface area contributed by atoms with Crippen molar-refractivity contribution in [2.75, 3.05) is 0 Å². The van der Waals surface area contributed by atoms with Crippen LogP contribution in [0.25, 0.3) is 0 Å². The molecule has 0 aliphatic carbocycles. The van der Waals surface area contributed by atoms with Gasteiger partial charge in [0, 0.05) is 30.2 Å². The van der Waals surface area contributed by atoms with Gasteiger partial charge in [-0.2, -0.15) is 5.10 Å². The molecule has 4 nitrogen and oxygen atoms in total. The van der Waals surface area contributed by atoms with Crippen LogP contribution >= 0.6 is 11.6 Å². The van der Waals surface area contributed by atoms with Crippen LogP contribution in [0.2, 0.25) is 0 Å². The van der Waals surface area contributed by atoms with E-state index in [4.69, 9.17) is 11.6 Å². The zero-order valence-corrected chi connectivity index (χ0v) is 11.5. The molecule has 1 amide bonds. The van der Waals surface area contributed by atoms with Gasteiger partial charge in [0.05, 0.1) is 0 Å². The summed E-state index contributed by atoms with van der Waals surface area (Å²) in [7, 11) is 1.87. The molecule has 18 heavy (non-hydrogen) atoms. The zero-order valence-electron chi connectivity index (χ0n) is 10.8. The fraction of sp³-hybridized carbons (Fsp3) is 0.692. The van der Waals surface area contributed by atoms with Gasteiger partial charge in [0.15, 0.2) is 5.69 Å². The molecule has 1 aromatic rings. The van der Waals surface area contributed by atoms with Gasteiger partial charge in [-0.25, -0.2) is 0 Å². The summed E-state index contributed by atoms with van der Waals surface area (Å²) in [6.45, 7) is 1.96. The molecule has 0 radical (unpaired) electrons. The first kappa shape index (κ1) is 12.0. The highest BCUT2D eigenvalue weighted by atomic mass is 35.5. The van der Waals surface area contributed by atoms with Crippen molar-refractivity contribution in [1.82, 2.24) is 14.7 Å². The second-order valence-electron chi connectivity index (χ2n) is 5.46. The fourth-order valence-electron chi connectivity index (χ4n) is 3.24. The minimum atomic E-state index is 0.0785. The third-order valence-electron chi connectivity index (χ3n) is 4.24. The molecule has 2 unspecified atom stereocenters. The van der Waals surface area contributed by atoms with Gasteiger partial charge in [0.1, 0.15) is 0 Å². The van der Waals surface area contributed by atoms with E-state index in [2.05, 4.69) is 5.10 Å². The van der Waals surface area contributed by atoms with E-state index in [-0.39, 0.29) is 11.3 Å². The van der Waals surface area contributed by atoms with Crippen LogP contribution in [0.15, 0.2) is 6.07 Å². The van der Waals surface area contributed by atoms with Gasteiger partial charge in [0.2, 0.25) is 0 Å². The van der Waals surface area contributed by atoms with Crippen molar-refractivity contribution < 1.29 is 4.79 Å². The third-order valence-corrected chi connectivity index (χ3v) is 4.60. The summed E-state index contributed by atoms with van der Waals surface area (Å²) in [4.78, 5) is 14.6. The van der Waals surface area contributed by atoms with Crippen LogP contribution in [0.4, 0.5) is 0 Å². The largest absolute Gasteiger partial charge is 0.331 e. The lowest BCUT2D eigenvalue weighted by Crippen LogP contribution is -2.47. The fourth-order valence-corrected chi connectivity index (χ4v) is 3.65. The van der Waals surface area contributed by atoms with E-state index in [1.54, 1.807) is 4.68 Å². The number of hydrogen-bond donors (Lipinski definition) is 0. The van der Waals surface area contributed by atoms with Gasteiger partial charge in [-0.1, -0.05) is 0 Å². The minimum Gasteiger partial charge on any atom is -0.331 e. The van der Waals surface area contributed by atoms with Crippen LogP contribution in [-0.2, 0) is 7.05 Å². The average molecular weight is 268 g/mol. The number of aromatic nitrogens is 2. The van der Waals surface area contributed by atoms with Crippen molar-refractivity contribution in [2.24, 2.45) is 7.05 Å².